The van der Waals surface area contributed by atoms with Crippen LogP contribution in [0.5, 0.6) is 5.75 Å². The van der Waals surface area contributed by atoms with Crippen molar-refractivity contribution in [3.05, 3.63) is 53.6 Å². The minimum absolute atomic E-state index is 0.602. The van der Waals surface area contributed by atoms with Crippen LogP contribution in [0.15, 0.2) is 47.4 Å². The van der Waals surface area contributed by atoms with E-state index in [9.17, 15) is 9.66 Å². The molecular weight excluding hydrogens is 274 g/mol. The Morgan fingerprint density at radius 2 is 1.85 bits per heavy atom. The summed E-state index contributed by atoms with van der Waals surface area (Å²) < 4.78 is 19.7. The first-order valence-electron chi connectivity index (χ1n) is 6.24. The Morgan fingerprint density at radius 1 is 1.15 bits per heavy atom. The average molecular weight is 289 g/mol. The van der Waals surface area contributed by atoms with Crippen LogP contribution in [-0.4, -0.2) is 23.8 Å². The van der Waals surface area contributed by atoms with Crippen molar-refractivity contribution in [3.63, 3.8) is 0 Å². The fourth-order valence-electron chi connectivity index (χ4n) is 2.53. The molecule has 1 N–H and O–H groups in total. The van der Waals surface area contributed by atoms with Gasteiger partial charge in [-0.3, -0.25) is 0 Å². The Kier molecular flexibility index (Phi) is 3.33. The maximum atomic E-state index is 12.7. The average Bonchev–Trinajstić information content (AvgIpc) is 2.58. The van der Waals surface area contributed by atoms with Gasteiger partial charge in [0.2, 0.25) is 0 Å². The van der Waals surface area contributed by atoms with Crippen molar-refractivity contribution in [2.45, 2.75) is 11.0 Å². The van der Waals surface area contributed by atoms with E-state index in [0.29, 0.717) is 27.5 Å². The molecule has 5 heteroatoms. The molecule has 2 aromatic rings. The van der Waals surface area contributed by atoms with Crippen molar-refractivity contribution in [2.75, 3.05) is 18.5 Å². The number of ether oxygens (including phenoxy) is 1. The SMILES string of the molecule is COc1cccc2c1N(C)[S+]([O-])c1ccccc1C2O. The highest BCUT2D eigenvalue weighted by atomic mass is 32.2. The molecule has 4 nitrogen and oxygen atoms in total. The van der Waals surface area contributed by atoms with E-state index in [1.807, 2.05) is 24.3 Å². The molecule has 1 aliphatic heterocycles. The maximum Gasteiger partial charge on any atom is 0.186 e. The number of hydrogen-bond acceptors (Lipinski definition) is 4. The van der Waals surface area contributed by atoms with Gasteiger partial charge in [0.1, 0.15) is 28.9 Å². The number of hydrogen-bond donors (Lipinski definition) is 1. The smallest absolute Gasteiger partial charge is 0.186 e. The molecule has 104 valence electrons. The third-order valence-electron chi connectivity index (χ3n) is 3.51. The molecule has 0 radical (unpaired) electrons. The lowest BCUT2D eigenvalue weighted by Gasteiger charge is -2.23. The molecule has 0 amide bonds. The van der Waals surface area contributed by atoms with Crippen LogP contribution in [-0.2, 0) is 11.4 Å². The number of fused-ring (bicyclic) bond motifs is 2. The fraction of sp³-hybridized carbons (Fsp3) is 0.200. The summed E-state index contributed by atoms with van der Waals surface area (Å²) in [5, 5.41) is 10.6. The Balaban J connectivity index is 2.29. The van der Waals surface area contributed by atoms with Gasteiger partial charge in [0.05, 0.1) is 14.2 Å². The van der Waals surface area contributed by atoms with E-state index < -0.39 is 17.5 Å². The second-order valence-corrected chi connectivity index (χ2v) is 6.07. The van der Waals surface area contributed by atoms with Gasteiger partial charge in [0, 0.05) is 11.1 Å². The van der Waals surface area contributed by atoms with Gasteiger partial charge in [-0.2, -0.15) is 4.31 Å². The lowest BCUT2D eigenvalue weighted by Crippen LogP contribution is -2.26. The van der Waals surface area contributed by atoms with E-state index >= 15 is 0 Å². The summed E-state index contributed by atoms with van der Waals surface area (Å²) in [4.78, 5) is 0.626. The minimum Gasteiger partial charge on any atom is -0.588 e. The monoisotopic (exact) mass is 289 g/mol. The summed E-state index contributed by atoms with van der Waals surface area (Å²) in [5.41, 5.74) is 2.03. The summed E-state index contributed by atoms with van der Waals surface area (Å²) in [6.07, 6.45) is -0.815. The number of benzene rings is 2. The van der Waals surface area contributed by atoms with Gasteiger partial charge in [-0.05, 0) is 12.1 Å². The third-order valence-corrected chi connectivity index (χ3v) is 4.94. The zero-order chi connectivity index (χ0) is 14.3. The van der Waals surface area contributed by atoms with E-state index in [0.717, 1.165) is 0 Å². The standard InChI is InChI=1S/C15H15NO3S/c1-16-14-11(7-5-8-12(14)19-2)15(17)10-6-3-4-9-13(10)20(16)18/h3-9,15,17H,1-2H3. The van der Waals surface area contributed by atoms with Gasteiger partial charge in [0.25, 0.3) is 0 Å². The molecule has 0 aliphatic carbocycles. The number of rotatable bonds is 1. The van der Waals surface area contributed by atoms with Crippen LogP contribution >= 0.6 is 0 Å². The van der Waals surface area contributed by atoms with E-state index in [-0.39, 0.29) is 0 Å². The van der Waals surface area contributed by atoms with Gasteiger partial charge >= 0.3 is 0 Å². The van der Waals surface area contributed by atoms with Crippen LogP contribution < -0.4 is 9.04 Å². The van der Waals surface area contributed by atoms with Crippen molar-refractivity contribution in [1.29, 1.82) is 0 Å². The quantitative estimate of drug-likeness (QED) is 0.818. The van der Waals surface area contributed by atoms with Crippen molar-refractivity contribution in [1.82, 2.24) is 0 Å². The molecule has 0 saturated carbocycles. The largest absolute Gasteiger partial charge is 0.588 e. The van der Waals surface area contributed by atoms with E-state index in [1.165, 1.54) is 0 Å². The Labute approximate surface area is 120 Å². The predicted molar refractivity (Wildman–Crippen MR) is 78.3 cm³/mol. The highest BCUT2D eigenvalue weighted by molar-refractivity contribution is 7.92. The molecular formula is C15H15NO3S. The van der Waals surface area contributed by atoms with Crippen molar-refractivity contribution >= 4 is 17.0 Å². The molecule has 0 saturated heterocycles. The number of methoxy groups -OCH3 is 1. The van der Waals surface area contributed by atoms with Crippen LogP contribution in [0.4, 0.5) is 5.69 Å². The highest BCUT2D eigenvalue weighted by Crippen LogP contribution is 2.44. The van der Waals surface area contributed by atoms with Gasteiger partial charge in [-0.15, -0.1) is 0 Å². The number of nitrogens with zero attached hydrogens (tertiary/aromatic N) is 1. The molecule has 2 atom stereocenters. The van der Waals surface area contributed by atoms with Crippen molar-refractivity contribution in [2.24, 2.45) is 0 Å². The lowest BCUT2D eigenvalue weighted by atomic mass is 9.99. The van der Waals surface area contributed by atoms with Crippen LogP contribution in [0.2, 0.25) is 0 Å². The van der Waals surface area contributed by atoms with Gasteiger partial charge in [0.15, 0.2) is 4.90 Å². The van der Waals surface area contributed by atoms with Gasteiger partial charge in [-0.1, -0.05) is 30.3 Å². The second-order valence-electron chi connectivity index (χ2n) is 4.59. The summed E-state index contributed by atoms with van der Waals surface area (Å²) >= 11 is -1.38. The molecule has 2 unspecified atom stereocenters. The Hall–Kier alpha value is -1.69. The molecule has 0 bridgehead atoms. The van der Waals surface area contributed by atoms with E-state index in [4.69, 9.17) is 4.74 Å². The van der Waals surface area contributed by atoms with Crippen LogP contribution in [0.25, 0.3) is 0 Å². The fourth-order valence-corrected chi connectivity index (χ4v) is 3.76. The first-order valence-corrected chi connectivity index (χ1v) is 7.35. The third kappa shape index (κ3) is 1.86. The number of para-hydroxylation sites is 1. The van der Waals surface area contributed by atoms with Crippen molar-refractivity contribution < 1.29 is 14.4 Å². The minimum atomic E-state index is -1.38. The lowest BCUT2D eigenvalue weighted by molar-refractivity contribution is 0.218. The van der Waals surface area contributed by atoms with Crippen molar-refractivity contribution in [3.8, 4) is 5.75 Å². The maximum absolute atomic E-state index is 12.7. The first kappa shape index (κ1) is 13.3. The van der Waals surface area contributed by atoms with Crippen LogP contribution in [0.1, 0.15) is 17.2 Å². The zero-order valence-corrected chi connectivity index (χ0v) is 12.1. The summed E-state index contributed by atoms with van der Waals surface area (Å²) in [6.45, 7) is 0. The highest BCUT2D eigenvalue weighted by Gasteiger charge is 2.35. The Morgan fingerprint density at radius 3 is 2.60 bits per heavy atom. The normalized spacial score (nSPS) is 20.9. The number of aliphatic hydroxyl groups is 1. The first-order chi connectivity index (χ1) is 9.65. The molecule has 2 aromatic carbocycles. The summed E-state index contributed by atoms with van der Waals surface area (Å²) in [5.74, 6) is 0.602. The molecule has 1 heterocycles. The summed E-state index contributed by atoms with van der Waals surface area (Å²) in [7, 11) is 3.31. The topological polar surface area (TPSA) is 55.8 Å². The molecule has 0 aromatic heterocycles. The predicted octanol–water partition coefficient (Wildman–Crippen LogP) is 2.25. The van der Waals surface area contributed by atoms with Gasteiger partial charge in [-0.25, -0.2) is 0 Å². The van der Waals surface area contributed by atoms with Gasteiger partial charge < -0.3 is 14.4 Å². The molecule has 1 aliphatic rings. The number of anilines is 1. The number of aliphatic hydroxyl groups excluding tert-OH is 1. The summed E-state index contributed by atoms with van der Waals surface area (Å²) in [6, 6.07) is 12.7. The second kappa shape index (κ2) is 5.01. The molecule has 0 spiro atoms. The molecule has 0 fully saturated rings. The van der Waals surface area contributed by atoms with E-state index in [1.54, 1.807) is 36.7 Å². The van der Waals surface area contributed by atoms with E-state index in [2.05, 4.69) is 0 Å². The zero-order valence-electron chi connectivity index (χ0n) is 11.2. The van der Waals surface area contributed by atoms with Crippen LogP contribution in [0, 0.1) is 0 Å². The Bertz CT molecular complexity index is 647. The molecule has 20 heavy (non-hydrogen) atoms. The van der Waals surface area contributed by atoms with Crippen LogP contribution in [0.3, 0.4) is 0 Å². The molecule has 3 rings (SSSR count).